The molecule has 0 fully saturated rings. The van der Waals surface area contributed by atoms with E-state index in [1.165, 1.54) is 4.31 Å². The molecule has 0 heterocycles. The summed E-state index contributed by atoms with van der Waals surface area (Å²) in [6.45, 7) is 5.86. The summed E-state index contributed by atoms with van der Waals surface area (Å²) in [4.78, 5) is 0.197. The van der Waals surface area contributed by atoms with E-state index >= 15 is 0 Å². The van der Waals surface area contributed by atoms with Crippen LogP contribution in [0.2, 0.25) is 0 Å². The first-order valence-electron chi connectivity index (χ1n) is 6.18. The van der Waals surface area contributed by atoms with Crippen LogP contribution in [0.4, 0.5) is 5.69 Å². The van der Waals surface area contributed by atoms with Crippen molar-refractivity contribution in [3.05, 3.63) is 23.8 Å². The molecule has 1 aromatic carbocycles. The predicted octanol–water partition coefficient (Wildman–Crippen LogP) is 2.39. The van der Waals surface area contributed by atoms with Gasteiger partial charge >= 0.3 is 0 Å². The second-order valence-corrected chi connectivity index (χ2v) is 6.50. The molecule has 0 aliphatic rings. The molecule has 1 aromatic rings. The third kappa shape index (κ3) is 2.84. The fraction of sp³-hybridized carbons (Fsp3) is 0.538. The first-order chi connectivity index (χ1) is 8.34. The molecule has 0 spiro atoms. The van der Waals surface area contributed by atoms with Crippen molar-refractivity contribution in [1.82, 2.24) is 4.31 Å². The van der Waals surface area contributed by atoms with Crippen LogP contribution in [0.1, 0.15) is 32.3 Å². The van der Waals surface area contributed by atoms with Crippen LogP contribution >= 0.6 is 0 Å². The van der Waals surface area contributed by atoms with Crippen LogP contribution in [0.15, 0.2) is 23.1 Å². The normalized spacial score (nSPS) is 12.3. The zero-order valence-corrected chi connectivity index (χ0v) is 12.3. The highest BCUT2D eigenvalue weighted by Crippen LogP contribution is 2.25. The Kier molecular flexibility index (Phi) is 4.76. The number of hydrogen-bond donors (Lipinski definition) is 1. The van der Waals surface area contributed by atoms with Crippen molar-refractivity contribution < 1.29 is 8.42 Å². The van der Waals surface area contributed by atoms with E-state index in [-0.39, 0.29) is 10.9 Å². The number of nitrogen functional groups attached to an aromatic ring is 1. The smallest absolute Gasteiger partial charge is 0.245 e. The lowest BCUT2D eigenvalue weighted by Crippen LogP contribution is -2.36. The largest absolute Gasteiger partial charge is 0.398 e. The van der Waals surface area contributed by atoms with Crippen molar-refractivity contribution in [1.29, 1.82) is 0 Å². The fourth-order valence-corrected chi connectivity index (χ4v) is 3.65. The Morgan fingerprint density at radius 3 is 2.28 bits per heavy atom. The summed E-state index contributed by atoms with van der Waals surface area (Å²) < 4.78 is 26.4. The van der Waals surface area contributed by atoms with Crippen molar-refractivity contribution in [2.45, 2.75) is 44.6 Å². The molecule has 0 atom stereocenters. The fourth-order valence-electron chi connectivity index (χ4n) is 2.06. The van der Waals surface area contributed by atoms with Gasteiger partial charge in [-0.15, -0.1) is 0 Å². The van der Waals surface area contributed by atoms with Gasteiger partial charge in [-0.25, -0.2) is 8.42 Å². The first kappa shape index (κ1) is 15.0. The average Bonchev–Trinajstić information content (AvgIpc) is 2.29. The zero-order chi connectivity index (χ0) is 13.9. The SMILES string of the molecule is CCC(CC)N(C)S(=O)(=O)c1ccc(C)cc1N. The van der Waals surface area contributed by atoms with Gasteiger partial charge in [0.15, 0.2) is 0 Å². The Labute approximate surface area is 110 Å². The lowest BCUT2D eigenvalue weighted by Gasteiger charge is -2.26. The van der Waals surface area contributed by atoms with Gasteiger partial charge in [0.1, 0.15) is 4.90 Å². The molecular formula is C13H22N2O2S. The molecule has 1 rings (SSSR count). The van der Waals surface area contributed by atoms with Gasteiger partial charge in [0.2, 0.25) is 10.0 Å². The van der Waals surface area contributed by atoms with E-state index in [4.69, 9.17) is 5.73 Å². The molecule has 0 bridgehead atoms. The van der Waals surface area contributed by atoms with Crippen molar-refractivity contribution in [2.24, 2.45) is 0 Å². The molecule has 0 aliphatic heterocycles. The monoisotopic (exact) mass is 270 g/mol. The Morgan fingerprint density at radius 2 is 1.83 bits per heavy atom. The summed E-state index contributed by atoms with van der Waals surface area (Å²) in [6, 6.07) is 5.05. The number of nitrogens with zero attached hydrogens (tertiary/aromatic N) is 1. The number of rotatable bonds is 5. The number of aryl methyl sites for hydroxylation is 1. The van der Waals surface area contributed by atoms with Crippen LogP contribution in [0, 0.1) is 6.92 Å². The molecule has 5 heteroatoms. The first-order valence-corrected chi connectivity index (χ1v) is 7.62. The van der Waals surface area contributed by atoms with Crippen molar-refractivity contribution >= 4 is 15.7 Å². The minimum absolute atomic E-state index is 0.00991. The molecule has 0 aromatic heterocycles. The predicted molar refractivity (Wildman–Crippen MR) is 74.9 cm³/mol. The molecule has 0 saturated heterocycles. The highest BCUT2D eigenvalue weighted by atomic mass is 32.2. The number of benzene rings is 1. The van der Waals surface area contributed by atoms with Gasteiger partial charge in [-0.05, 0) is 37.5 Å². The van der Waals surface area contributed by atoms with Crippen LogP contribution in [0.5, 0.6) is 0 Å². The highest BCUT2D eigenvalue weighted by Gasteiger charge is 2.27. The Bertz CT molecular complexity index is 508. The van der Waals surface area contributed by atoms with Gasteiger partial charge in [-0.1, -0.05) is 19.9 Å². The Balaban J connectivity index is 3.21. The van der Waals surface area contributed by atoms with Crippen LogP contribution < -0.4 is 5.73 Å². The molecule has 0 radical (unpaired) electrons. The zero-order valence-electron chi connectivity index (χ0n) is 11.5. The van der Waals surface area contributed by atoms with E-state index in [9.17, 15) is 8.42 Å². The van der Waals surface area contributed by atoms with Crippen LogP contribution in [-0.2, 0) is 10.0 Å². The van der Waals surface area contributed by atoms with Crippen LogP contribution in [0.3, 0.4) is 0 Å². The molecule has 102 valence electrons. The molecule has 0 aliphatic carbocycles. The molecular weight excluding hydrogens is 248 g/mol. The third-order valence-electron chi connectivity index (χ3n) is 3.28. The van der Waals surface area contributed by atoms with Gasteiger partial charge < -0.3 is 5.73 Å². The van der Waals surface area contributed by atoms with Gasteiger partial charge in [0.05, 0.1) is 5.69 Å². The maximum Gasteiger partial charge on any atom is 0.245 e. The van der Waals surface area contributed by atoms with Crippen molar-refractivity contribution in [3.63, 3.8) is 0 Å². The summed E-state index contributed by atoms with van der Waals surface area (Å²) in [7, 11) is -1.88. The van der Waals surface area contributed by atoms with E-state index in [0.29, 0.717) is 5.69 Å². The molecule has 0 unspecified atom stereocenters. The summed E-state index contributed by atoms with van der Waals surface area (Å²) in [5.41, 5.74) is 7.09. The quantitative estimate of drug-likeness (QED) is 0.836. The molecule has 4 nitrogen and oxygen atoms in total. The maximum atomic E-state index is 12.5. The minimum atomic E-state index is -3.50. The number of sulfonamides is 1. The van der Waals surface area contributed by atoms with E-state index < -0.39 is 10.0 Å². The number of anilines is 1. The number of nitrogens with two attached hydrogens (primary N) is 1. The summed E-state index contributed by atoms with van der Waals surface area (Å²) in [6.07, 6.45) is 1.58. The topological polar surface area (TPSA) is 63.4 Å². The summed E-state index contributed by atoms with van der Waals surface area (Å²) >= 11 is 0. The van der Waals surface area contributed by atoms with Gasteiger partial charge in [0.25, 0.3) is 0 Å². The van der Waals surface area contributed by atoms with E-state index in [1.54, 1.807) is 25.2 Å². The Morgan fingerprint density at radius 1 is 1.28 bits per heavy atom. The van der Waals surface area contributed by atoms with E-state index in [1.807, 2.05) is 20.8 Å². The third-order valence-corrected chi connectivity index (χ3v) is 5.26. The van der Waals surface area contributed by atoms with E-state index in [2.05, 4.69) is 0 Å². The summed E-state index contributed by atoms with van der Waals surface area (Å²) in [5.74, 6) is 0. The molecule has 0 amide bonds. The average molecular weight is 270 g/mol. The molecule has 18 heavy (non-hydrogen) atoms. The van der Waals surface area contributed by atoms with Gasteiger partial charge in [-0.2, -0.15) is 4.31 Å². The maximum absolute atomic E-state index is 12.5. The highest BCUT2D eigenvalue weighted by molar-refractivity contribution is 7.89. The van der Waals surface area contributed by atoms with Gasteiger partial charge in [0, 0.05) is 13.1 Å². The molecule has 2 N–H and O–H groups in total. The second kappa shape index (κ2) is 5.71. The number of hydrogen-bond acceptors (Lipinski definition) is 3. The lowest BCUT2D eigenvalue weighted by molar-refractivity contribution is 0.350. The van der Waals surface area contributed by atoms with Gasteiger partial charge in [-0.3, -0.25) is 0 Å². The van der Waals surface area contributed by atoms with Crippen LogP contribution in [-0.4, -0.2) is 25.8 Å². The Hall–Kier alpha value is -1.07. The van der Waals surface area contributed by atoms with Crippen molar-refractivity contribution in [3.8, 4) is 0 Å². The lowest BCUT2D eigenvalue weighted by atomic mass is 10.2. The van der Waals surface area contributed by atoms with E-state index in [0.717, 1.165) is 18.4 Å². The minimum Gasteiger partial charge on any atom is -0.398 e. The van der Waals surface area contributed by atoms with Crippen LogP contribution in [0.25, 0.3) is 0 Å². The summed E-state index contributed by atoms with van der Waals surface area (Å²) in [5, 5.41) is 0. The van der Waals surface area contributed by atoms with Crippen molar-refractivity contribution in [2.75, 3.05) is 12.8 Å². The molecule has 0 saturated carbocycles. The second-order valence-electron chi connectivity index (χ2n) is 4.53. The standard InChI is InChI=1S/C13H22N2O2S/c1-5-11(6-2)15(4)18(16,17)13-8-7-10(3)9-12(13)14/h7-9,11H,5-6,14H2,1-4H3.